The van der Waals surface area contributed by atoms with Gasteiger partial charge in [-0.05, 0) is 37.5 Å². The Balaban J connectivity index is 1.84. The van der Waals surface area contributed by atoms with Crippen LogP contribution >= 0.6 is 0 Å². The van der Waals surface area contributed by atoms with Gasteiger partial charge in [-0.2, -0.15) is 0 Å². The first kappa shape index (κ1) is 13.3. The van der Waals surface area contributed by atoms with Crippen molar-refractivity contribution in [1.82, 2.24) is 4.72 Å². The highest BCUT2D eigenvalue weighted by Crippen LogP contribution is 2.31. The van der Waals surface area contributed by atoms with Crippen molar-refractivity contribution >= 4 is 10.0 Å². The molecule has 0 radical (unpaired) electrons. The zero-order valence-electron chi connectivity index (χ0n) is 10.3. The number of rotatable bonds is 5. The Morgan fingerprint density at radius 1 is 1.00 bits per heavy atom. The third kappa shape index (κ3) is 3.20. The molecule has 0 heterocycles. The molecule has 0 saturated heterocycles. The maximum Gasteiger partial charge on any atom is 0.214 e. The quantitative estimate of drug-likeness (QED) is 0.783. The standard InChI is InChI=1S/C12H23NO3S/c14-9-11-5-3-4-10(11)8-13-17(15,16)12-6-1-2-7-12/h10-14H,1-9H2. The van der Waals surface area contributed by atoms with Gasteiger partial charge in [0.2, 0.25) is 10.0 Å². The molecular formula is C12H23NO3S. The Bertz CT molecular complexity index is 336. The molecule has 0 spiro atoms. The van der Waals surface area contributed by atoms with Gasteiger partial charge in [-0.25, -0.2) is 13.1 Å². The van der Waals surface area contributed by atoms with Crippen LogP contribution in [0.5, 0.6) is 0 Å². The Labute approximate surface area is 104 Å². The van der Waals surface area contributed by atoms with Gasteiger partial charge < -0.3 is 5.11 Å². The summed E-state index contributed by atoms with van der Waals surface area (Å²) in [4.78, 5) is 0. The van der Waals surface area contributed by atoms with Crippen molar-refractivity contribution < 1.29 is 13.5 Å². The van der Waals surface area contributed by atoms with E-state index in [1.54, 1.807) is 0 Å². The molecule has 2 fully saturated rings. The number of aliphatic hydroxyl groups excluding tert-OH is 1. The lowest BCUT2D eigenvalue weighted by molar-refractivity contribution is 0.195. The minimum Gasteiger partial charge on any atom is -0.396 e. The highest BCUT2D eigenvalue weighted by Gasteiger charge is 2.31. The maximum atomic E-state index is 12.0. The molecule has 0 aromatic rings. The normalized spacial score (nSPS) is 31.1. The zero-order valence-corrected chi connectivity index (χ0v) is 11.1. The fraction of sp³-hybridized carbons (Fsp3) is 1.00. The summed E-state index contributed by atoms with van der Waals surface area (Å²) < 4.78 is 26.8. The van der Waals surface area contributed by atoms with E-state index in [1.807, 2.05) is 0 Å². The van der Waals surface area contributed by atoms with Gasteiger partial charge in [0.1, 0.15) is 0 Å². The lowest BCUT2D eigenvalue weighted by Gasteiger charge is -2.19. The van der Waals surface area contributed by atoms with E-state index in [-0.39, 0.29) is 11.9 Å². The molecular weight excluding hydrogens is 238 g/mol. The Morgan fingerprint density at radius 2 is 1.65 bits per heavy atom. The fourth-order valence-corrected chi connectivity index (χ4v) is 4.80. The van der Waals surface area contributed by atoms with E-state index in [4.69, 9.17) is 0 Å². The van der Waals surface area contributed by atoms with Crippen LogP contribution in [0.1, 0.15) is 44.9 Å². The van der Waals surface area contributed by atoms with Crippen molar-refractivity contribution in [3.63, 3.8) is 0 Å². The van der Waals surface area contributed by atoms with E-state index in [2.05, 4.69) is 4.72 Å². The molecule has 2 aliphatic rings. The SMILES string of the molecule is O=S(=O)(NCC1CCCC1CO)C1CCCC1. The fourth-order valence-electron chi connectivity index (χ4n) is 3.16. The summed E-state index contributed by atoms with van der Waals surface area (Å²) in [5.41, 5.74) is 0. The van der Waals surface area contributed by atoms with Crippen LogP contribution in [0.2, 0.25) is 0 Å². The van der Waals surface area contributed by atoms with E-state index in [0.29, 0.717) is 18.4 Å². The molecule has 2 N–H and O–H groups in total. The lowest BCUT2D eigenvalue weighted by atomic mass is 9.97. The number of hydrogen-bond donors (Lipinski definition) is 2. The van der Waals surface area contributed by atoms with Gasteiger partial charge in [0.25, 0.3) is 0 Å². The number of aliphatic hydroxyl groups is 1. The summed E-state index contributed by atoms with van der Waals surface area (Å²) in [6, 6.07) is 0. The van der Waals surface area contributed by atoms with Crippen molar-refractivity contribution in [2.75, 3.05) is 13.2 Å². The average molecular weight is 261 g/mol. The van der Waals surface area contributed by atoms with Crippen LogP contribution in [0.15, 0.2) is 0 Å². The van der Waals surface area contributed by atoms with Crippen molar-refractivity contribution in [1.29, 1.82) is 0 Å². The van der Waals surface area contributed by atoms with Crippen molar-refractivity contribution in [2.24, 2.45) is 11.8 Å². The molecule has 0 aromatic heterocycles. The minimum atomic E-state index is -3.11. The maximum absolute atomic E-state index is 12.0. The first-order valence-corrected chi connectivity index (χ1v) is 8.27. The predicted octanol–water partition coefficient (Wildman–Crippen LogP) is 1.26. The van der Waals surface area contributed by atoms with Gasteiger partial charge in [0.05, 0.1) is 5.25 Å². The molecule has 100 valence electrons. The summed E-state index contributed by atoms with van der Waals surface area (Å²) in [5, 5.41) is 9.03. The molecule has 2 saturated carbocycles. The number of sulfonamides is 1. The van der Waals surface area contributed by atoms with Crippen LogP contribution in [0, 0.1) is 11.8 Å². The molecule has 0 aliphatic heterocycles. The highest BCUT2D eigenvalue weighted by molar-refractivity contribution is 7.90. The summed E-state index contributed by atoms with van der Waals surface area (Å²) in [5.74, 6) is 0.623. The smallest absolute Gasteiger partial charge is 0.214 e. The number of nitrogens with one attached hydrogen (secondary N) is 1. The zero-order chi connectivity index (χ0) is 12.3. The van der Waals surface area contributed by atoms with Crippen LogP contribution < -0.4 is 4.72 Å². The van der Waals surface area contributed by atoms with Crippen LogP contribution in [-0.2, 0) is 10.0 Å². The highest BCUT2D eigenvalue weighted by atomic mass is 32.2. The Morgan fingerprint density at radius 3 is 2.29 bits per heavy atom. The molecule has 2 unspecified atom stereocenters. The van der Waals surface area contributed by atoms with Crippen LogP contribution in [0.4, 0.5) is 0 Å². The third-order valence-corrected chi connectivity index (χ3v) is 6.26. The summed E-state index contributed by atoms with van der Waals surface area (Å²) in [6.45, 7) is 0.708. The van der Waals surface area contributed by atoms with Gasteiger partial charge in [-0.1, -0.05) is 19.3 Å². The second-order valence-corrected chi connectivity index (χ2v) is 7.48. The third-order valence-electron chi connectivity index (χ3n) is 4.34. The van der Waals surface area contributed by atoms with Gasteiger partial charge in [0.15, 0.2) is 0 Å². The molecule has 5 heteroatoms. The van der Waals surface area contributed by atoms with E-state index < -0.39 is 10.0 Å². The topological polar surface area (TPSA) is 66.4 Å². The van der Waals surface area contributed by atoms with E-state index in [9.17, 15) is 13.5 Å². The average Bonchev–Trinajstić information content (AvgIpc) is 2.97. The van der Waals surface area contributed by atoms with Crippen molar-refractivity contribution in [3.05, 3.63) is 0 Å². The second-order valence-electron chi connectivity index (χ2n) is 5.43. The Hall–Kier alpha value is -0.130. The van der Waals surface area contributed by atoms with Gasteiger partial charge in [-0.3, -0.25) is 0 Å². The molecule has 4 nitrogen and oxygen atoms in total. The van der Waals surface area contributed by atoms with E-state index in [1.165, 1.54) is 0 Å². The van der Waals surface area contributed by atoms with Crippen LogP contribution in [0.3, 0.4) is 0 Å². The summed E-state index contributed by atoms with van der Waals surface area (Å²) >= 11 is 0. The predicted molar refractivity (Wildman–Crippen MR) is 67.1 cm³/mol. The Kier molecular flexibility index (Phi) is 4.44. The molecule has 0 amide bonds. The van der Waals surface area contributed by atoms with Crippen LogP contribution in [-0.4, -0.2) is 31.9 Å². The van der Waals surface area contributed by atoms with Gasteiger partial charge >= 0.3 is 0 Å². The minimum absolute atomic E-state index is 0.170. The van der Waals surface area contributed by atoms with Gasteiger partial charge in [0, 0.05) is 13.2 Å². The van der Waals surface area contributed by atoms with Crippen LogP contribution in [0.25, 0.3) is 0 Å². The number of hydrogen-bond acceptors (Lipinski definition) is 3. The van der Waals surface area contributed by atoms with E-state index >= 15 is 0 Å². The second kappa shape index (κ2) is 5.67. The van der Waals surface area contributed by atoms with Crippen molar-refractivity contribution in [3.8, 4) is 0 Å². The first-order valence-electron chi connectivity index (χ1n) is 6.73. The first-order chi connectivity index (χ1) is 8.13. The largest absolute Gasteiger partial charge is 0.396 e. The lowest BCUT2D eigenvalue weighted by Crippen LogP contribution is -2.37. The molecule has 2 rings (SSSR count). The molecule has 0 bridgehead atoms. The molecule has 0 aromatic carbocycles. The summed E-state index contributed by atoms with van der Waals surface area (Å²) in [7, 11) is -3.11. The molecule has 2 aliphatic carbocycles. The summed E-state index contributed by atoms with van der Waals surface area (Å²) in [6.07, 6.45) is 6.88. The monoisotopic (exact) mass is 261 g/mol. The molecule has 17 heavy (non-hydrogen) atoms. The van der Waals surface area contributed by atoms with Crippen molar-refractivity contribution in [2.45, 2.75) is 50.2 Å². The van der Waals surface area contributed by atoms with E-state index in [0.717, 1.165) is 44.9 Å². The van der Waals surface area contributed by atoms with Gasteiger partial charge in [-0.15, -0.1) is 0 Å². The molecule has 2 atom stereocenters.